The van der Waals surface area contributed by atoms with Gasteiger partial charge in [-0.2, -0.15) is 0 Å². The van der Waals surface area contributed by atoms with Gasteiger partial charge in [-0.3, -0.25) is 0 Å². The quantitative estimate of drug-likeness (QED) is 0.778. The fourth-order valence-electron chi connectivity index (χ4n) is 3.07. The van der Waals surface area contributed by atoms with Crippen molar-refractivity contribution in [3.05, 3.63) is 33.8 Å². The zero-order chi connectivity index (χ0) is 13.0. The molecule has 1 aliphatic rings. The molecule has 0 radical (unpaired) electrons. The van der Waals surface area contributed by atoms with Gasteiger partial charge in [0.25, 0.3) is 0 Å². The summed E-state index contributed by atoms with van der Waals surface area (Å²) in [5, 5.41) is 0. The van der Waals surface area contributed by atoms with E-state index in [2.05, 4.69) is 52.9 Å². The van der Waals surface area contributed by atoms with Gasteiger partial charge in [-0.05, 0) is 68.5 Å². The standard InChI is InChI=1S/C16H24BrN/c1-3-9-18(10-4-2)16-8-6-13-5-7-15(17)11-14(13)12-16/h5,7,11,16H,3-4,6,8-10,12H2,1-2H3/t16-/m1/s1. The lowest BCUT2D eigenvalue weighted by Gasteiger charge is -2.35. The molecule has 0 unspecified atom stereocenters. The van der Waals surface area contributed by atoms with Crippen molar-refractivity contribution in [1.82, 2.24) is 4.90 Å². The summed E-state index contributed by atoms with van der Waals surface area (Å²) in [4.78, 5) is 2.70. The second kappa shape index (κ2) is 6.72. The van der Waals surface area contributed by atoms with E-state index in [9.17, 15) is 0 Å². The number of rotatable bonds is 5. The molecule has 0 heterocycles. The van der Waals surface area contributed by atoms with Gasteiger partial charge >= 0.3 is 0 Å². The molecule has 1 atom stereocenters. The van der Waals surface area contributed by atoms with Crippen LogP contribution >= 0.6 is 15.9 Å². The summed E-state index contributed by atoms with van der Waals surface area (Å²) >= 11 is 3.60. The van der Waals surface area contributed by atoms with Gasteiger partial charge in [0.05, 0.1) is 0 Å². The van der Waals surface area contributed by atoms with E-state index in [1.54, 1.807) is 11.1 Å². The minimum Gasteiger partial charge on any atom is -0.300 e. The smallest absolute Gasteiger partial charge is 0.0178 e. The highest BCUT2D eigenvalue weighted by Gasteiger charge is 2.23. The van der Waals surface area contributed by atoms with Crippen molar-refractivity contribution in [3.8, 4) is 0 Å². The van der Waals surface area contributed by atoms with Crippen LogP contribution in [0.15, 0.2) is 22.7 Å². The largest absolute Gasteiger partial charge is 0.300 e. The molecule has 0 saturated carbocycles. The molecular formula is C16H24BrN. The molecule has 0 bridgehead atoms. The first kappa shape index (κ1) is 14.1. The van der Waals surface area contributed by atoms with Crippen LogP contribution in [0.2, 0.25) is 0 Å². The van der Waals surface area contributed by atoms with E-state index < -0.39 is 0 Å². The van der Waals surface area contributed by atoms with E-state index >= 15 is 0 Å². The summed E-state index contributed by atoms with van der Waals surface area (Å²) in [7, 11) is 0. The Morgan fingerprint density at radius 1 is 1.17 bits per heavy atom. The van der Waals surface area contributed by atoms with E-state index in [1.807, 2.05) is 0 Å². The van der Waals surface area contributed by atoms with Gasteiger partial charge < -0.3 is 4.90 Å². The number of halogens is 1. The molecule has 0 aliphatic heterocycles. The maximum atomic E-state index is 3.60. The van der Waals surface area contributed by atoms with E-state index in [-0.39, 0.29) is 0 Å². The summed E-state index contributed by atoms with van der Waals surface area (Å²) in [6.07, 6.45) is 6.34. The summed E-state index contributed by atoms with van der Waals surface area (Å²) in [5.41, 5.74) is 3.11. The molecule has 18 heavy (non-hydrogen) atoms. The van der Waals surface area contributed by atoms with Crippen molar-refractivity contribution >= 4 is 15.9 Å². The highest BCUT2D eigenvalue weighted by atomic mass is 79.9. The second-order valence-corrected chi connectivity index (χ2v) is 6.26. The van der Waals surface area contributed by atoms with Crippen molar-refractivity contribution in [1.29, 1.82) is 0 Å². The van der Waals surface area contributed by atoms with Crippen molar-refractivity contribution in [2.24, 2.45) is 0 Å². The SMILES string of the molecule is CCCN(CCC)[C@@H]1CCc2ccc(Br)cc2C1. The Morgan fingerprint density at radius 2 is 1.89 bits per heavy atom. The minimum atomic E-state index is 0.756. The first-order chi connectivity index (χ1) is 8.74. The molecular weight excluding hydrogens is 286 g/mol. The zero-order valence-corrected chi connectivity index (χ0v) is 13.2. The molecule has 1 aromatic rings. The highest BCUT2D eigenvalue weighted by molar-refractivity contribution is 9.10. The third kappa shape index (κ3) is 3.36. The molecule has 0 aromatic heterocycles. The highest BCUT2D eigenvalue weighted by Crippen LogP contribution is 2.27. The molecule has 0 N–H and O–H groups in total. The van der Waals surface area contributed by atoms with Crippen LogP contribution in [0.4, 0.5) is 0 Å². The monoisotopic (exact) mass is 309 g/mol. The second-order valence-electron chi connectivity index (χ2n) is 5.35. The number of benzene rings is 1. The van der Waals surface area contributed by atoms with Crippen LogP contribution in [0, 0.1) is 0 Å². The first-order valence-electron chi connectivity index (χ1n) is 7.26. The molecule has 0 saturated heterocycles. The number of hydrogen-bond donors (Lipinski definition) is 0. The van der Waals surface area contributed by atoms with Gasteiger partial charge in [0.2, 0.25) is 0 Å². The van der Waals surface area contributed by atoms with Gasteiger partial charge in [-0.25, -0.2) is 0 Å². The summed E-state index contributed by atoms with van der Waals surface area (Å²) in [6, 6.07) is 7.54. The van der Waals surface area contributed by atoms with Crippen LogP contribution < -0.4 is 0 Å². The third-order valence-electron chi connectivity index (χ3n) is 3.91. The number of hydrogen-bond acceptors (Lipinski definition) is 1. The van der Waals surface area contributed by atoms with Crippen LogP contribution in [0.5, 0.6) is 0 Å². The topological polar surface area (TPSA) is 3.24 Å². The third-order valence-corrected chi connectivity index (χ3v) is 4.40. The molecule has 1 aliphatic carbocycles. The van der Waals surface area contributed by atoms with Crippen molar-refractivity contribution in [2.45, 2.75) is 52.0 Å². The number of nitrogens with zero attached hydrogens (tertiary/aromatic N) is 1. The predicted molar refractivity (Wildman–Crippen MR) is 82.1 cm³/mol. The van der Waals surface area contributed by atoms with Gasteiger partial charge in [-0.15, -0.1) is 0 Å². The van der Waals surface area contributed by atoms with Gasteiger partial charge in [0, 0.05) is 10.5 Å². The van der Waals surface area contributed by atoms with Crippen LogP contribution in [0.1, 0.15) is 44.2 Å². The molecule has 0 spiro atoms. The Kier molecular flexibility index (Phi) is 5.25. The van der Waals surface area contributed by atoms with Gasteiger partial charge in [-0.1, -0.05) is 35.8 Å². The van der Waals surface area contributed by atoms with Crippen LogP contribution in [-0.2, 0) is 12.8 Å². The number of aryl methyl sites for hydroxylation is 1. The number of fused-ring (bicyclic) bond motifs is 1. The van der Waals surface area contributed by atoms with Crippen LogP contribution in [0.3, 0.4) is 0 Å². The lowest BCUT2D eigenvalue weighted by Crippen LogP contribution is -2.40. The van der Waals surface area contributed by atoms with E-state index in [4.69, 9.17) is 0 Å². The summed E-state index contributed by atoms with van der Waals surface area (Å²) in [5.74, 6) is 0. The van der Waals surface area contributed by atoms with E-state index in [1.165, 1.54) is 49.7 Å². The van der Waals surface area contributed by atoms with Crippen LogP contribution in [0.25, 0.3) is 0 Å². The first-order valence-corrected chi connectivity index (χ1v) is 8.05. The zero-order valence-electron chi connectivity index (χ0n) is 11.6. The normalized spacial score (nSPS) is 19.0. The average Bonchev–Trinajstić information content (AvgIpc) is 2.37. The van der Waals surface area contributed by atoms with E-state index in [0.717, 1.165) is 6.04 Å². The fourth-order valence-corrected chi connectivity index (χ4v) is 3.48. The maximum Gasteiger partial charge on any atom is 0.0178 e. The van der Waals surface area contributed by atoms with E-state index in [0.29, 0.717) is 0 Å². The van der Waals surface area contributed by atoms with Crippen molar-refractivity contribution < 1.29 is 0 Å². The molecule has 2 rings (SSSR count). The van der Waals surface area contributed by atoms with Crippen molar-refractivity contribution in [2.75, 3.05) is 13.1 Å². The fraction of sp³-hybridized carbons (Fsp3) is 0.625. The molecule has 1 aromatic carbocycles. The Hall–Kier alpha value is -0.340. The molecule has 2 heteroatoms. The molecule has 1 nitrogen and oxygen atoms in total. The molecule has 0 fully saturated rings. The van der Waals surface area contributed by atoms with Crippen LogP contribution in [-0.4, -0.2) is 24.0 Å². The Balaban J connectivity index is 2.09. The Bertz CT molecular complexity index is 383. The lowest BCUT2D eigenvalue weighted by atomic mass is 9.87. The Morgan fingerprint density at radius 3 is 2.56 bits per heavy atom. The summed E-state index contributed by atoms with van der Waals surface area (Å²) in [6.45, 7) is 7.08. The van der Waals surface area contributed by atoms with Crippen molar-refractivity contribution in [3.63, 3.8) is 0 Å². The Labute approximate surface area is 120 Å². The molecule has 0 amide bonds. The lowest BCUT2D eigenvalue weighted by molar-refractivity contribution is 0.180. The average molecular weight is 310 g/mol. The predicted octanol–water partition coefficient (Wildman–Crippen LogP) is 4.43. The maximum absolute atomic E-state index is 3.60. The summed E-state index contributed by atoms with van der Waals surface area (Å²) < 4.78 is 1.22. The van der Waals surface area contributed by atoms with Gasteiger partial charge in [0.15, 0.2) is 0 Å². The molecule has 100 valence electrons. The minimum absolute atomic E-state index is 0.756. The van der Waals surface area contributed by atoms with Gasteiger partial charge in [0.1, 0.15) is 0 Å².